The number of aromatic nitrogens is 3. The second-order valence-corrected chi connectivity index (χ2v) is 2.94. The van der Waals surface area contributed by atoms with Gasteiger partial charge >= 0.3 is 0 Å². The van der Waals surface area contributed by atoms with Crippen molar-refractivity contribution in [3.63, 3.8) is 0 Å². The molecule has 0 atom stereocenters. The second kappa shape index (κ2) is 3.47. The Morgan fingerprint density at radius 1 is 1.23 bits per heavy atom. The number of fused-ring (bicyclic) bond motifs is 1. The fourth-order valence-corrected chi connectivity index (χ4v) is 1.38. The van der Waals surface area contributed by atoms with E-state index in [1.54, 1.807) is 12.5 Å². The van der Waals surface area contributed by atoms with E-state index in [0.29, 0.717) is 0 Å². The zero-order chi connectivity index (χ0) is 9.10. The number of hydrogen-bond acceptors (Lipinski definition) is 3. The average Bonchev–Trinajstić information content (AvgIpc) is 2.19. The third-order valence-electron chi connectivity index (χ3n) is 1.98. The number of aryl methyl sites for hydroxylation is 1. The first-order chi connectivity index (χ1) is 6.42. The maximum absolute atomic E-state index is 4.25. The van der Waals surface area contributed by atoms with Crippen molar-refractivity contribution in [2.24, 2.45) is 0 Å². The summed E-state index contributed by atoms with van der Waals surface area (Å²) in [7, 11) is 0. The van der Waals surface area contributed by atoms with Crippen LogP contribution < -0.4 is 0 Å². The lowest BCUT2D eigenvalue weighted by atomic mass is 10.2. The molecule has 0 amide bonds. The van der Waals surface area contributed by atoms with Gasteiger partial charge in [0, 0.05) is 11.6 Å². The van der Waals surface area contributed by atoms with Crippen molar-refractivity contribution in [1.29, 1.82) is 0 Å². The molecule has 2 heterocycles. The number of hydrogen-bond donors (Lipinski definition) is 0. The fourth-order valence-electron chi connectivity index (χ4n) is 1.38. The first-order valence-electron chi connectivity index (χ1n) is 4.46. The normalized spacial score (nSPS) is 10.5. The van der Waals surface area contributed by atoms with Gasteiger partial charge < -0.3 is 0 Å². The molecule has 0 aliphatic rings. The summed E-state index contributed by atoms with van der Waals surface area (Å²) in [5, 5.41) is 1.08. The van der Waals surface area contributed by atoms with Gasteiger partial charge in [-0.1, -0.05) is 13.3 Å². The van der Waals surface area contributed by atoms with Crippen LogP contribution in [0.4, 0.5) is 0 Å². The lowest BCUT2D eigenvalue weighted by Gasteiger charge is -2.01. The summed E-state index contributed by atoms with van der Waals surface area (Å²) in [6.45, 7) is 2.14. The molecule has 3 heteroatoms. The van der Waals surface area contributed by atoms with Crippen LogP contribution in [0.2, 0.25) is 0 Å². The third kappa shape index (κ3) is 1.49. The predicted molar refractivity (Wildman–Crippen MR) is 51.3 cm³/mol. The van der Waals surface area contributed by atoms with Crippen LogP contribution in [0.5, 0.6) is 0 Å². The highest BCUT2D eigenvalue weighted by molar-refractivity contribution is 5.76. The lowest BCUT2D eigenvalue weighted by molar-refractivity contribution is 0.885. The highest BCUT2D eigenvalue weighted by atomic mass is 14.9. The van der Waals surface area contributed by atoms with E-state index in [9.17, 15) is 0 Å². The van der Waals surface area contributed by atoms with Gasteiger partial charge in [-0.25, -0.2) is 15.0 Å². The van der Waals surface area contributed by atoms with Gasteiger partial charge in [0.25, 0.3) is 0 Å². The van der Waals surface area contributed by atoms with Crippen molar-refractivity contribution in [2.75, 3.05) is 0 Å². The van der Waals surface area contributed by atoms with Crippen LogP contribution in [0.15, 0.2) is 24.7 Å². The first kappa shape index (κ1) is 8.10. The van der Waals surface area contributed by atoms with E-state index < -0.39 is 0 Å². The Morgan fingerprint density at radius 2 is 2.15 bits per heavy atom. The monoisotopic (exact) mass is 173 g/mol. The summed E-state index contributed by atoms with van der Waals surface area (Å²) >= 11 is 0. The van der Waals surface area contributed by atoms with Crippen molar-refractivity contribution in [1.82, 2.24) is 15.0 Å². The van der Waals surface area contributed by atoms with E-state index in [4.69, 9.17) is 0 Å². The lowest BCUT2D eigenvalue weighted by Crippen LogP contribution is -1.93. The van der Waals surface area contributed by atoms with Gasteiger partial charge in [0.2, 0.25) is 0 Å². The molecule has 2 rings (SSSR count). The Labute approximate surface area is 76.9 Å². The number of pyridine rings is 1. The predicted octanol–water partition coefficient (Wildman–Crippen LogP) is 1.98. The molecule has 0 aliphatic carbocycles. The van der Waals surface area contributed by atoms with E-state index in [1.165, 1.54) is 0 Å². The van der Waals surface area contributed by atoms with Gasteiger partial charge in [-0.15, -0.1) is 0 Å². The molecule has 0 unspecified atom stereocenters. The van der Waals surface area contributed by atoms with Crippen LogP contribution >= 0.6 is 0 Å². The quantitative estimate of drug-likeness (QED) is 0.697. The molecule has 0 bridgehead atoms. The molecule has 2 aromatic heterocycles. The molecular weight excluding hydrogens is 162 g/mol. The second-order valence-electron chi connectivity index (χ2n) is 2.94. The zero-order valence-electron chi connectivity index (χ0n) is 7.57. The standard InChI is InChI=1S/C10H11N3/c1-2-4-9-8-5-3-6-11-10(8)13-7-12-9/h3,5-7H,2,4H2,1H3. The molecule has 13 heavy (non-hydrogen) atoms. The summed E-state index contributed by atoms with van der Waals surface area (Å²) in [5.74, 6) is 0. The van der Waals surface area contributed by atoms with Crippen LogP contribution in [0, 0.1) is 0 Å². The van der Waals surface area contributed by atoms with E-state index in [2.05, 4.69) is 21.9 Å². The van der Waals surface area contributed by atoms with Crippen molar-refractivity contribution in [2.45, 2.75) is 19.8 Å². The van der Waals surface area contributed by atoms with Gasteiger partial charge in [-0.2, -0.15) is 0 Å². The molecule has 0 spiro atoms. The maximum Gasteiger partial charge on any atom is 0.162 e. The van der Waals surface area contributed by atoms with E-state index >= 15 is 0 Å². The van der Waals surface area contributed by atoms with Gasteiger partial charge in [-0.05, 0) is 18.6 Å². The first-order valence-corrected chi connectivity index (χ1v) is 4.46. The summed E-state index contributed by atoms with van der Waals surface area (Å²) in [6, 6.07) is 3.94. The Hall–Kier alpha value is -1.51. The topological polar surface area (TPSA) is 38.7 Å². The average molecular weight is 173 g/mol. The summed E-state index contributed by atoms with van der Waals surface area (Å²) < 4.78 is 0. The molecule has 2 aromatic rings. The highest BCUT2D eigenvalue weighted by Gasteiger charge is 2.01. The molecular formula is C10H11N3. The molecule has 66 valence electrons. The van der Waals surface area contributed by atoms with Crippen LogP contribution in [-0.4, -0.2) is 15.0 Å². The van der Waals surface area contributed by atoms with Crippen LogP contribution in [-0.2, 0) is 6.42 Å². The van der Waals surface area contributed by atoms with E-state index in [0.717, 1.165) is 29.6 Å². The Morgan fingerprint density at radius 3 is 3.00 bits per heavy atom. The molecule has 0 fully saturated rings. The Bertz CT molecular complexity index is 406. The zero-order valence-corrected chi connectivity index (χ0v) is 7.57. The molecule has 0 N–H and O–H groups in total. The van der Waals surface area contributed by atoms with E-state index in [1.807, 2.05) is 12.1 Å². The van der Waals surface area contributed by atoms with Crippen molar-refractivity contribution >= 4 is 11.0 Å². The highest BCUT2D eigenvalue weighted by Crippen LogP contribution is 2.12. The van der Waals surface area contributed by atoms with E-state index in [-0.39, 0.29) is 0 Å². The van der Waals surface area contributed by atoms with Gasteiger partial charge in [0.1, 0.15) is 6.33 Å². The van der Waals surface area contributed by atoms with Crippen LogP contribution in [0.25, 0.3) is 11.0 Å². The van der Waals surface area contributed by atoms with Crippen LogP contribution in [0.3, 0.4) is 0 Å². The van der Waals surface area contributed by atoms with Crippen LogP contribution in [0.1, 0.15) is 19.0 Å². The maximum atomic E-state index is 4.25. The Balaban J connectivity index is 2.61. The molecule has 0 saturated heterocycles. The van der Waals surface area contributed by atoms with Crippen molar-refractivity contribution in [3.05, 3.63) is 30.4 Å². The number of nitrogens with zero attached hydrogens (tertiary/aromatic N) is 3. The molecule has 3 nitrogen and oxygen atoms in total. The summed E-state index contributed by atoms with van der Waals surface area (Å²) in [5.41, 5.74) is 1.89. The number of rotatable bonds is 2. The van der Waals surface area contributed by atoms with Crippen molar-refractivity contribution in [3.8, 4) is 0 Å². The minimum Gasteiger partial charge on any atom is -0.241 e. The third-order valence-corrected chi connectivity index (χ3v) is 1.98. The van der Waals surface area contributed by atoms with Gasteiger partial charge in [-0.3, -0.25) is 0 Å². The summed E-state index contributed by atoms with van der Waals surface area (Å²) in [4.78, 5) is 12.5. The minimum atomic E-state index is 0.793. The summed E-state index contributed by atoms with van der Waals surface area (Å²) in [6.07, 6.45) is 5.43. The fraction of sp³-hybridized carbons (Fsp3) is 0.300. The molecule has 0 aromatic carbocycles. The SMILES string of the molecule is CCCc1ncnc2ncccc12. The molecule has 0 saturated carbocycles. The smallest absolute Gasteiger partial charge is 0.162 e. The molecule has 0 aliphatic heterocycles. The molecule has 0 radical (unpaired) electrons. The van der Waals surface area contributed by atoms with Crippen molar-refractivity contribution < 1.29 is 0 Å². The minimum absolute atomic E-state index is 0.793. The van der Waals surface area contributed by atoms with Gasteiger partial charge in [0.05, 0.1) is 5.69 Å². The van der Waals surface area contributed by atoms with Gasteiger partial charge in [0.15, 0.2) is 5.65 Å². The largest absolute Gasteiger partial charge is 0.241 e. The Kier molecular flexibility index (Phi) is 2.17.